The number of ether oxygens (including phenoxy) is 1. The van der Waals surface area contributed by atoms with Crippen molar-refractivity contribution in [3.05, 3.63) is 34.4 Å². The van der Waals surface area contributed by atoms with Crippen molar-refractivity contribution in [3.8, 4) is 5.75 Å². The Balaban J connectivity index is 2.64. The van der Waals surface area contributed by atoms with E-state index in [4.69, 9.17) is 4.74 Å². The van der Waals surface area contributed by atoms with E-state index < -0.39 is 11.6 Å². The van der Waals surface area contributed by atoms with Crippen LogP contribution in [0.4, 0.5) is 10.1 Å². The van der Waals surface area contributed by atoms with Gasteiger partial charge in [0.25, 0.3) is 5.69 Å². The lowest BCUT2D eigenvalue weighted by molar-refractivity contribution is -0.384. The SMILES string of the molecule is O=[N+]([O-])c1ccc(OCCF)cc1. The Morgan fingerprint density at radius 1 is 1.38 bits per heavy atom. The van der Waals surface area contributed by atoms with Gasteiger partial charge < -0.3 is 4.74 Å². The van der Waals surface area contributed by atoms with Crippen LogP contribution in [0.15, 0.2) is 24.3 Å². The maximum atomic E-state index is 11.7. The average Bonchev–Trinajstić information content (AvgIpc) is 2.15. The highest BCUT2D eigenvalue weighted by atomic mass is 19.1. The Morgan fingerprint density at radius 3 is 2.46 bits per heavy atom. The van der Waals surface area contributed by atoms with Crippen LogP contribution in [0.1, 0.15) is 0 Å². The normalized spacial score (nSPS) is 9.62. The van der Waals surface area contributed by atoms with Crippen molar-refractivity contribution in [1.29, 1.82) is 0 Å². The molecule has 0 fully saturated rings. The van der Waals surface area contributed by atoms with Crippen LogP contribution >= 0.6 is 0 Å². The van der Waals surface area contributed by atoms with Crippen molar-refractivity contribution in [2.24, 2.45) is 0 Å². The second-order valence-electron chi connectivity index (χ2n) is 2.29. The summed E-state index contributed by atoms with van der Waals surface area (Å²) < 4.78 is 16.5. The van der Waals surface area contributed by atoms with Crippen molar-refractivity contribution in [1.82, 2.24) is 0 Å². The van der Waals surface area contributed by atoms with Crippen LogP contribution in [0.3, 0.4) is 0 Å². The van der Waals surface area contributed by atoms with E-state index in [-0.39, 0.29) is 12.3 Å². The summed E-state index contributed by atoms with van der Waals surface area (Å²) in [5, 5.41) is 10.2. The molecule has 70 valence electrons. The smallest absolute Gasteiger partial charge is 0.269 e. The van der Waals surface area contributed by atoms with Gasteiger partial charge in [0.2, 0.25) is 0 Å². The maximum absolute atomic E-state index is 11.7. The molecule has 0 amide bonds. The van der Waals surface area contributed by atoms with Crippen molar-refractivity contribution in [2.45, 2.75) is 0 Å². The second-order valence-corrected chi connectivity index (χ2v) is 2.29. The lowest BCUT2D eigenvalue weighted by atomic mass is 10.3. The van der Waals surface area contributed by atoms with Crippen molar-refractivity contribution < 1.29 is 14.1 Å². The number of nitro groups is 1. The molecular formula is C8H8FNO3. The molecule has 0 saturated heterocycles. The van der Waals surface area contributed by atoms with E-state index in [0.717, 1.165) is 0 Å². The first kappa shape index (κ1) is 9.44. The molecule has 0 spiro atoms. The van der Waals surface area contributed by atoms with Gasteiger partial charge in [0, 0.05) is 12.1 Å². The Kier molecular flexibility index (Phi) is 3.19. The number of alkyl halides is 1. The predicted molar refractivity (Wildman–Crippen MR) is 44.6 cm³/mol. The van der Waals surface area contributed by atoms with Crippen LogP contribution in [-0.4, -0.2) is 18.2 Å². The monoisotopic (exact) mass is 185 g/mol. The number of benzene rings is 1. The molecule has 0 atom stereocenters. The summed E-state index contributed by atoms with van der Waals surface area (Å²) in [6.45, 7) is -0.602. The van der Waals surface area contributed by atoms with Gasteiger partial charge in [-0.3, -0.25) is 10.1 Å². The number of hydrogen-bond acceptors (Lipinski definition) is 3. The van der Waals surface area contributed by atoms with E-state index >= 15 is 0 Å². The van der Waals surface area contributed by atoms with Gasteiger partial charge in [-0.2, -0.15) is 0 Å². The predicted octanol–water partition coefficient (Wildman–Crippen LogP) is 1.94. The zero-order valence-corrected chi connectivity index (χ0v) is 6.77. The van der Waals surface area contributed by atoms with E-state index in [2.05, 4.69) is 0 Å². The highest BCUT2D eigenvalue weighted by Gasteiger charge is 2.03. The average molecular weight is 185 g/mol. The lowest BCUT2D eigenvalue weighted by Crippen LogP contribution is -1.98. The maximum Gasteiger partial charge on any atom is 0.269 e. The fraction of sp³-hybridized carbons (Fsp3) is 0.250. The summed E-state index contributed by atoms with van der Waals surface area (Å²) in [4.78, 5) is 9.73. The molecule has 0 aliphatic rings. The summed E-state index contributed by atoms with van der Waals surface area (Å²) in [7, 11) is 0. The fourth-order valence-corrected chi connectivity index (χ4v) is 0.821. The van der Waals surface area contributed by atoms with Gasteiger partial charge in [0.1, 0.15) is 19.0 Å². The molecule has 1 aromatic carbocycles. The molecule has 0 aliphatic heterocycles. The first-order chi connectivity index (χ1) is 6.24. The summed E-state index contributed by atoms with van der Waals surface area (Å²) in [6, 6.07) is 5.50. The Labute approximate surface area is 74.1 Å². The Morgan fingerprint density at radius 2 is 2.00 bits per heavy atom. The number of rotatable bonds is 4. The Bertz CT molecular complexity index is 286. The third-order valence-electron chi connectivity index (χ3n) is 1.39. The minimum Gasteiger partial charge on any atom is -0.491 e. The first-order valence-corrected chi connectivity index (χ1v) is 3.67. The zero-order chi connectivity index (χ0) is 9.68. The summed E-state index contributed by atoms with van der Waals surface area (Å²) in [5.74, 6) is 0.434. The molecule has 0 unspecified atom stereocenters. The quantitative estimate of drug-likeness (QED) is 0.532. The van der Waals surface area contributed by atoms with Gasteiger partial charge in [-0.25, -0.2) is 4.39 Å². The number of halogens is 1. The van der Waals surface area contributed by atoms with Gasteiger partial charge in [-0.05, 0) is 12.1 Å². The molecule has 13 heavy (non-hydrogen) atoms. The lowest BCUT2D eigenvalue weighted by Gasteiger charge is -2.01. The van der Waals surface area contributed by atoms with E-state index in [1.54, 1.807) is 0 Å². The zero-order valence-electron chi connectivity index (χ0n) is 6.77. The molecular weight excluding hydrogens is 177 g/mol. The molecule has 1 aromatic rings. The van der Waals surface area contributed by atoms with Gasteiger partial charge in [0.15, 0.2) is 0 Å². The molecule has 0 N–H and O–H groups in total. The van der Waals surface area contributed by atoms with Crippen LogP contribution in [-0.2, 0) is 0 Å². The summed E-state index contributed by atoms with van der Waals surface area (Å²) in [5.41, 5.74) is -0.00685. The molecule has 5 heteroatoms. The molecule has 0 radical (unpaired) electrons. The minimum absolute atomic E-state index is 0.00685. The van der Waals surface area contributed by atoms with Crippen LogP contribution < -0.4 is 4.74 Å². The van der Waals surface area contributed by atoms with E-state index in [9.17, 15) is 14.5 Å². The van der Waals surface area contributed by atoms with Gasteiger partial charge in [0.05, 0.1) is 4.92 Å². The highest BCUT2D eigenvalue weighted by molar-refractivity contribution is 5.35. The van der Waals surface area contributed by atoms with Gasteiger partial charge in [-0.15, -0.1) is 0 Å². The minimum atomic E-state index is -0.572. The summed E-state index contributed by atoms with van der Waals surface area (Å²) in [6.07, 6.45) is 0. The molecule has 0 aromatic heterocycles. The molecule has 4 nitrogen and oxygen atoms in total. The van der Waals surface area contributed by atoms with Gasteiger partial charge in [-0.1, -0.05) is 0 Å². The molecule has 1 rings (SSSR count). The fourth-order valence-electron chi connectivity index (χ4n) is 0.821. The number of non-ortho nitro benzene ring substituents is 1. The van der Waals surface area contributed by atoms with Crippen LogP contribution in [0.5, 0.6) is 5.75 Å². The van der Waals surface area contributed by atoms with Crippen molar-refractivity contribution in [3.63, 3.8) is 0 Å². The van der Waals surface area contributed by atoms with E-state index in [1.165, 1.54) is 24.3 Å². The summed E-state index contributed by atoms with van der Waals surface area (Å²) >= 11 is 0. The second kappa shape index (κ2) is 4.39. The van der Waals surface area contributed by atoms with Crippen LogP contribution in [0, 0.1) is 10.1 Å². The molecule has 0 bridgehead atoms. The van der Waals surface area contributed by atoms with Crippen molar-refractivity contribution >= 4 is 5.69 Å². The standard InChI is InChI=1S/C8H8FNO3/c9-5-6-13-8-3-1-7(2-4-8)10(11)12/h1-4H,5-6H2. The van der Waals surface area contributed by atoms with Gasteiger partial charge >= 0.3 is 0 Å². The van der Waals surface area contributed by atoms with E-state index in [0.29, 0.717) is 5.75 Å². The highest BCUT2D eigenvalue weighted by Crippen LogP contribution is 2.16. The van der Waals surface area contributed by atoms with Crippen LogP contribution in [0.25, 0.3) is 0 Å². The third kappa shape index (κ3) is 2.70. The largest absolute Gasteiger partial charge is 0.491 e. The van der Waals surface area contributed by atoms with Crippen molar-refractivity contribution in [2.75, 3.05) is 13.3 Å². The number of nitro benzene ring substituents is 1. The van der Waals surface area contributed by atoms with Crippen LogP contribution in [0.2, 0.25) is 0 Å². The number of nitrogens with zero attached hydrogens (tertiary/aromatic N) is 1. The first-order valence-electron chi connectivity index (χ1n) is 3.67. The third-order valence-corrected chi connectivity index (χ3v) is 1.39. The molecule has 0 aliphatic carbocycles. The van der Waals surface area contributed by atoms with E-state index in [1.807, 2.05) is 0 Å². The topological polar surface area (TPSA) is 52.4 Å². The number of hydrogen-bond donors (Lipinski definition) is 0. The molecule has 0 saturated carbocycles. The molecule has 0 heterocycles. The Hall–Kier alpha value is -1.65.